The number of aromatic carboxylic acids is 1. The average Bonchev–Trinajstić information content (AvgIpc) is 2.72. The molecule has 0 fully saturated rings. The summed E-state index contributed by atoms with van der Waals surface area (Å²) in [7, 11) is 0. The van der Waals surface area contributed by atoms with Crippen LogP contribution in [0.4, 0.5) is 4.39 Å². The Morgan fingerprint density at radius 1 is 1.19 bits per heavy atom. The molecule has 1 heterocycles. The van der Waals surface area contributed by atoms with Crippen LogP contribution in [0.15, 0.2) is 36.4 Å². The van der Waals surface area contributed by atoms with Crippen molar-refractivity contribution in [3.8, 4) is 5.69 Å². The molecule has 0 spiro atoms. The van der Waals surface area contributed by atoms with E-state index in [1.165, 1.54) is 24.3 Å². The molecule has 3 rings (SSSR count). The number of carbonyl (C=O) groups is 1. The van der Waals surface area contributed by atoms with Gasteiger partial charge in [0.2, 0.25) is 0 Å². The molecular weight excluding hydrogens is 271 g/mol. The van der Waals surface area contributed by atoms with Crippen molar-refractivity contribution in [2.75, 3.05) is 0 Å². The molecule has 1 aromatic heterocycles. The van der Waals surface area contributed by atoms with Crippen molar-refractivity contribution in [1.82, 2.24) is 9.55 Å². The summed E-state index contributed by atoms with van der Waals surface area (Å²) in [6, 6.07) is 9.50. The van der Waals surface area contributed by atoms with E-state index >= 15 is 0 Å². The topological polar surface area (TPSA) is 55.1 Å². The number of aromatic nitrogens is 2. The van der Waals surface area contributed by atoms with Crippen molar-refractivity contribution in [3.63, 3.8) is 0 Å². The monoisotopic (exact) mass is 284 g/mol. The predicted octanol–water partition coefficient (Wildman–Crippen LogP) is 3.48. The molecule has 0 amide bonds. The van der Waals surface area contributed by atoms with Gasteiger partial charge in [0.25, 0.3) is 0 Å². The third-order valence-corrected chi connectivity index (χ3v) is 3.35. The van der Waals surface area contributed by atoms with Crippen molar-refractivity contribution < 1.29 is 14.3 Å². The Bertz CT molecular complexity index is 848. The summed E-state index contributed by atoms with van der Waals surface area (Å²) in [4.78, 5) is 15.4. The van der Waals surface area contributed by atoms with Crippen LogP contribution in [-0.4, -0.2) is 20.6 Å². The fourth-order valence-electron chi connectivity index (χ4n) is 2.51. The Labute approximate surface area is 120 Å². The van der Waals surface area contributed by atoms with E-state index in [1.807, 2.05) is 17.6 Å². The first-order valence-electron chi connectivity index (χ1n) is 6.45. The molecule has 2 aromatic carbocycles. The molecule has 106 valence electrons. The Morgan fingerprint density at radius 2 is 1.95 bits per heavy atom. The molecule has 5 heteroatoms. The first-order valence-corrected chi connectivity index (χ1v) is 6.45. The summed E-state index contributed by atoms with van der Waals surface area (Å²) in [5, 5.41) is 9.03. The number of aryl methyl sites for hydroxylation is 2. The van der Waals surface area contributed by atoms with Crippen LogP contribution in [0.2, 0.25) is 0 Å². The molecule has 1 N–H and O–H groups in total. The Morgan fingerprint density at radius 3 is 2.62 bits per heavy atom. The predicted molar refractivity (Wildman–Crippen MR) is 77.5 cm³/mol. The lowest BCUT2D eigenvalue weighted by Gasteiger charge is -2.08. The van der Waals surface area contributed by atoms with E-state index in [4.69, 9.17) is 5.11 Å². The molecule has 0 unspecified atom stereocenters. The fourth-order valence-corrected chi connectivity index (χ4v) is 2.51. The molecule has 0 bridgehead atoms. The maximum absolute atomic E-state index is 13.6. The second kappa shape index (κ2) is 4.70. The van der Waals surface area contributed by atoms with E-state index in [2.05, 4.69) is 4.98 Å². The normalized spacial score (nSPS) is 11.0. The number of hydrogen-bond acceptors (Lipinski definition) is 2. The van der Waals surface area contributed by atoms with Crippen LogP contribution >= 0.6 is 0 Å². The first-order chi connectivity index (χ1) is 9.95. The molecule has 0 radical (unpaired) electrons. The largest absolute Gasteiger partial charge is 0.478 e. The van der Waals surface area contributed by atoms with Gasteiger partial charge in [-0.05, 0) is 55.8 Å². The Kier molecular flexibility index (Phi) is 2.97. The molecular formula is C16H13FN2O2. The number of benzene rings is 2. The van der Waals surface area contributed by atoms with Gasteiger partial charge >= 0.3 is 5.97 Å². The average molecular weight is 284 g/mol. The van der Waals surface area contributed by atoms with Gasteiger partial charge in [-0.25, -0.2) is 14.2 Å². The highest BCUT2D eigenvalue weighted by molar-refractivity contribution is 5.92. The van der Waals surface area contributed by atoms with Crippen molar-refractivity contribution in [2.45, 2.75) is 13.8 Å². The Balaban J connectivity index is 2.27. The minimum atomic E-state index is -0.995. The lowest BCUT2D eigenvalue weighted by molar-refractivity contribution is 0.0697. The summed E-state index contributed by atoms with van der Waals surface area (Å²) in [6.45, 7) is 3.63. The van der Waals surface area contributed by atoms with E-state index in [0.717, 1.165) is 11.1 Å². The molecule has 21 heavy (non-hydrogen) atoms. The second-order valence-electron chi connectivity index (χ2n) is 4.99. The Hall–Kier alpha value is -2.69. The van der Waals surface area contributed by atoms with Crippen LogP contribution in [0.25, 0.3) is 16.7 Å². The van der Waals surface area contributed by atoms with E-state index < -0.39 is 5.97 Å². The maximum atomic E-state index is 13.6. The van der Waals surface area contributed by atoms with Crippen molar-refractivity contribution >= 4 is 17.0 Å². The second-order valence-corrected chi connectivity index (χ2v) is 4.99. The van der Waals surface area contributed by atoms with Crippen molar-refractivity contribution in [3.05, 3.63) is 59.2 Å². The third-order valence-electron chi connectivity index (χ3n) is 3.35. The van der Waals surface area contributed by atoms with Crippen LogP contribution in [-0.2, 0) is 0 Å². The molecule has 0 saturated heterocycles. The van der Waals surface area contributed by atoms with Gasteiger partial charge in [0, 0.05) is 0 Å². The van der Waals surface area contributed by atoms with Gasteiger partial charge in [-0.3, -0.25) is 4.57 Å². The fraction of sp³-hybridized carbons (Fsp3) is 0.125. The van der Waals surface area contributed by atoms with Crippen molar-refractivity contribution in [2.24, 2.45) is 0 Å². The molecule has 0 aliphatic rings. The lowest BCUT2D eigenvalue weighted by Crippen LogP contribution is -1.99. The summed E-state index contributed by atoms with van der Waals surface area (Å²) < 4.78 is 15.4. The van der Waals surface area contributed by atoms with Gasteiger partial charge in [-0.2, -0.15) is 0 Å². The van der Waals surface area contributed by atoms with E-state index in [1.54, 1.807) is 13.0 Å². The highest BCUT2D eigenvalue weighted by Gasteiger charge is 2.12. The highest BCUT2D eigenvalue weighted by atomic mass is 19.1. The number of hydrogen-bond donors (Lipinski definition) is 1. The van der Waals surface area contributed by atoms with Crippen LogP contribution in [0, 0.1) is 19.7 Å². The zero-order chi connectivity index (χ0) is 15.1. The van der Waals surface area contributed by atoms with Gasteiger partial charge < -0.3 is 5.11 Å². The minimum absolute atomic E-state index is 0.183. The number of carboxylic acid groups (broad SMARTS) is 1. The minimum Gasteiger partial charge on any atom is -0.478 e. The highest BCUT2D eigenvalue weighted by Crippen LogP contribution is 2.23. The van der Waals surface area contributed by atoms with Crippen LogP contribution < -0.4 is 0 Å². The molecule has 4 nitrogen and oxygen atoms in total. The number of carboxylic acids is 1. The van der Waals surface area contributed by atoms with Crippen LogP contribution in [0.5, 0.6) is 0 Å². The number of imidazole rings is 1. The zero-order valence-electron chi connectivity index (χ0n) is 11.6. The summed E-state index contributed by atoms with van der Waals surface area (Å²) in [6.07, 6.45) is 0. The number of fused-ring (bicyclic) bond motifs is 1. The summed E-state index contributed by atoms with van der Waals surface area (Å²) in [5.74, 6) is -0.628. The molecule has 0 atom stereocenters. The number of rotatable bonds is 2. The summed E-state index contributed by atoms with van der Waals surface area (Å²) >= 11 is 0. The maximum Gasteiger partial charge on any atom is 0.335 e. The standard InChI is InChI=1S/C16H13FN2O2/c1-9-5-12(17)8-13(6-9)19-10(2)18-14-7-11(16(20)21)3-4-15(14)19/h3-8H,1-2H3,(H,20,21). The molecule has 0 aliphatic heterocycles. The quantitative estimate of drug-likeness (QED) is 0.783. The SMILES string of the molecule is Cc1cc(F)cc(-n2c(C)nc3cc(C(=O)O)ccc32)c1. The van der Waals surface area contributed by atoms with E-state index in [0.29, 0.717) is 17.0 Å². The third kappa shape index (κ3) is 2.27. The smallest absolute Gasteiger partial charge is 0.335 e. The molecule has 0 aliphatic carbocycles. The van der Waals surface area contributed by atoms with Crippen LogP contribution in [0.3, 0.4) is 0 Å². The number of halogens is 1. The molecule has 3 aromatic rings. The van der Waals surface area contributed by atoms with Gasteiger partial charge in [0.05, 0.1) is 22.3 Å². The van der Waals surface area contributed by atoms with Crippen LogP contribution in [0.1, 0.15) is 21.7 Å². The zero-order valence-corrected chi connectivity index (χ0v) is 11.6. The van der Waals surface area contributed by atoms with Gasteiger partial charge in [0.1, 0.15) is 11.6 Å². The van der Waals surface area contributed by atoms with Gasteiger partial charge in [-0.15, -0.1) is 0 Å². The number of nitrogens with zero attached hydrogens (tertiary/aromatic N) is 2. The van der Waals surface area contributed by atoms with E-state index in [-0.39, 0.29) is 11.4 Å². The van der Waals surface area contributed by atoms with Gasteiger partial charge in [-0.1, -0.05) is 0 Å². The summed E-state index contributed by atoms with van der Waals surface area (Å²) in [5.41, 5.74) is 3.00. The van der Waals surface area contributed by atoms with Gasteiger partial charge in [0.15, 0.2) is 0 Å². The van der Waals surface area contributed by atoms with Crippen molar-refractivity contribution in [1.29, 1.82) is 0 Å². The first kappa shape index (κ1) is 13.3. The van der Waals surface area contributed by atoms with E-state index in [9.17, 15) is 9.18 Å². The lowest BCUT2D eigenvalue weighted by atomic mass is 10.2. The molecule has 0 saturated carbocycles.